The summed E-state index contributed by atoms with van der Waals surface area (Å²) >= 11 is 0. The summed E-state index contributed by atoms with van der Waals surface area (Å²) in [6.07, 6.45) is -10.8. The van der Waals surface area contributed by atoms with Crippen molar-refractivity contribution in [2.75, 3.05) is 29.9 Å². The monoisotopic (exact) mass is 519 g/mol. The van der Waals surface area contributed by atoms with Crippen LogP contribution in [-0.2, 0) is 4.79 Å². The predicted octanol–water partition coefficient (Wildman–Crippen LogP) is 5.13. The van der Waals surface area contributed by atoms with Crippen LogP contribution in [0.3, 0.4) is 0 Å². The number of rotatable bonds is 8. The molecule has 1 aromatic heterocycles. The van der Waals surface area contributed by atoms with Gasteiger partial charge in [-0.05, 0) is 30.3 Å². The third-order valence-electron chi connectivity index (χ3n) is 5.17. The Kier molecular flexibility index (Phi) is 7.36. The van der Waals surface area contributed by atoms with Gasteiger partial charge < -0.3 is 14.4 Å². The van der Waals surface area contributed by atoms with Gasteiger partial charge in [0.25, 0.3) is 5.91 Å². The highest BCUT2D eigenvalue weighted by Crippen LogP contribution is 2.31. The van der Waals surface area contributed by atoms with Crippen LogP contribution in [0.4, 0.5) is 42.7 Å². The Morgan fingerprint density at radius 1 is 0.972 bits per heavy atom. The first-order valence-electron chi connectivity index (χ1n) is 10.3. The van der Waals surface area contributed by atoms with E-state index in [1.54, 1.807) is 0 Å². The van der Waals surface area contributed by atoms with Crippen molar-refractivity contribution < 1.29 is 50.2 Å². The molecule has 14 heteroatoms. The third-order valence-corrected chi connectivity index (χ3v) is 5.17. The van der Waals surface area contributed by atoms with Crippen LogP contribution in [0.15, 0.2) is 46.5 Å². The number of imide groups is 1. The first-order chi connectivity index (χ1) is 16.7. The van der Waals surface area contributed by atoms with Gasteiger partial charge in [-0.25, -0.2) is 14.5 Å². The van der Waals surface area contributed by atoms with E-state index < -0.39 is 56.2 Å². The number of hydrogen-bond acceptors (Lipinski definition) is 5. The van der Waals surface area contributed by atoms with Gasteiger partial charge in [0.2, 0.25) is 0 Å². The Morgan fingerprint density at radius 3 is 2.03 bits per heavy atom. The number of urea groups is 1. The highest BCUT2D eigenvalue weighted by atomic mass is 19.4. The summed E-state index contributed by atoms with van der Waals surface area (Å²) in [4.78, 5) is 39.1. The molecule has 0 unspecified atom stereocenters. The second-order valence-electron chi connectivity index (χ2n) is 7.76. The second-order valence-corrected chi connectivity index (χ2v) is 7.76. The number of carboxylic acids is 1. The molecule has 0 radical (unpaired) electrons. The number of hydrogen-bond donors (Lipinski definition) is 1. The maximum atomic E-state index is 12.9. The molecule has 0 bridgehead atoms. The molecule has 0 atom stereocenters. The summed E-state index contributed by atoms with van der Waals surface area (Å²) in [5, 5.41) is 8.99. The maximum absolute atomic E-state index is 12.9. The number of benzene rings is 1. The van der Waals surface area contributed by atoms with Crippen LogP contribution in [0.2, 0.25) is 0 Å². The summed E-state index contributed by atoms with van der Waals surface area (Å²) in [6, 6.07) is 6.58. The number of nitrogens with zero attached hydrogens (tertiary/aromatic N) is 3. The number of carboxylic acid groups (broad SMARTS) is 1. The SMILES string of the molecule is CN1C(=O)N(c2ccc(C(=O)O)cc2)C(=O)/C1=C\c1ccc(N(CCC(F)(F)F)CCC(F)(F)F)o1. The van der Waals surface area contributed by atoms with Crippen molar-refractivity contribution in [1.29, 1.82) is 0 Å². The molecule has 1 saturated heterocycles. The molecular weight excluding hydrogens is 500 g/mol. The van der Waals surface area contributed by atoms with E-state index in [-0.39, 0.29) is 28.6 Å². The number of halogens is 6. The third kappa shape index (κ3) is 6.37. The molecule has 1 aliphatic heterocycles. The van der Waals surface area contributed by atoms with Crippen LogP contribution in [0.1, 0.15) is 29.0 Å². The van der Waals surface area contributed by atoms with Gasteiger partial charge in [0.05, 0.1) is 24.1 Å². The average Bonchev–Trinajstić information content (AvgIpc) is 3.31. The summed E-state index contributed by atoms with van der Waals surface area (Å²) in [5.74, 6) is -2.35. The minimum absolute atomic E-state index is 0.0642. The smallest absolute Gasteiger partial charge is 0.390 e. The Morgan fingerprint density at radius 2 is 1.53 bits per heavy atom. The lowest BCUT2D eigenvalue weighted by Gasteiger charge is -2.23. The quantitative estimate of drug-likeness (QED) is 0.295. The lowest BCUT2D eigenvalue weighted by atomic mass is 10.2. The molecule has 1 aromatic carbocycles. The number of alkyl halides is 6. The number of furan rings is 1. The largest absolute Gasteiger partial charge is 0.478 e. The minimum atomic E-state index is -4.60. The van der Waals surface area contributed by atoms with Gasteiger partial charge >= 0.3 is 24.4 Å². The first-order valence-corrected chi connectivity index (χ1v) is 10.3. The van der Waals surface area contributed by atoms with E-state index in [0.29, 0.717) is 0 Å². The van der Waals surface area contributed by atoms with E-state index in [2.05, 4.69) is 0 Å². The molecule has 1 aliphatic rings. The Labute approximate surface area is 200 Å². The molecule has 1 fully saturated rings. The first kappa shape index (κ1) is 26.6. The predicted molar refractivity (Wildman–Crippen MR) is 114 cm³/mol. The van der Waals surface area contributed by atoms with Crippen molar-refractivity contribution in [2.24, 2.45) is 0 Å². The molecule has 2 heterocycles. The normalized spacial score (nSPS) is 15.8. The number of carbonyl (C=O) groups is 3. The van der Waals surface area contributed by atoms with Crippen molar-refractivity contribution in [1.82, 2.24) is 4.90 Å². The van der Waals surface area contributed by atoms with Gasteiger partial charge in [-0.15, -0.1) is 0 Å². The zero-order chi connectivity index (χ0) is 26.8. The van der Waals surface area contributed by atoms with Crippen LogP contribution >= 0.6 is 0 Å². The molecule has 0 saturated carbocycles. The minimum Gasteiger partial charge on any atom is -0.478 e. The van der Waals surface area contributed by atoms with E-state index >= 15 is 0 Å². The fraction of sp³-hybridized carbons (Fsp3) is 0.318. The van der Waals surface area contributed by atoms with E-state index in [1.165, 1.54) is 43.4 Å². The van der Waals surface area contributed by atoms with Crippen LogP contribution in [0.5, 0.6) is 0 Å². The van der Waals surface area contributed by atoms with Crippen LogP contribution < -0.4 is 9.80 Å². The van der Waals surface area contributed by atoms with E-state index in [1.807, 2.05) is 0 Å². The molecule has 8 nitrogen and oxygen atoms in total. The topological polar surface area (TPSA) is 94.3 Å². The summed E-state index contributed by atoms with van der Waals surface area (Å²) in [7, 11) is 1.28. The van der Waals surface area contributed by atoms with E-state index in [0.717, 1.165) is 20.8 Å². The van der Waals surface area contributed by atoms with Crippen molar-refractivity contribution in [2.45, 2.75) is 25.2 Å². The zero-order valence-electron chi connectivity index (χ0n) is 18.6. The van der Waals surface area contributed by atoms with Gasteiger partial charge in [-0.2, -0.15) is 26.3 Å². The van der Waals surface area contributed by atoms with Gasteiger partial charge in [0, 0.05) is 32.3 Å². The fourth-order valence-corrected chi connectivity index (χ4v) is 3.32. The van der Waals surface area contributed by atoms with Gasteiger partial charge in [-0.1, -0.05) is 0 Å². The van der Waals surface area contributed by atoms with Gasteiger partial charge in [-0.3, -0.25) is 9.69 Å². The molecule has 36 heavy (non-hydrogen) atoms. The van der Waals surface area contributed by atoms with Crippen LogP contribution in [0, 0.1) is 0 Å². The lowest BCUT2D eigenvalue weighted by molar-refractivity contribution is -0.135. The number of aromatic carboxylic acids is 1. The summed E-state index contributed by atoms with van der Waals surface area (Å²) in [6.45, 7) is -1.55. The Hall–Kier alpha value is -3.97. The van der Waals surface area contributed by atoms with Crippen molar-refractivity contribution >= 4 is 35.6 Å². The zero-order valence-corrected chi connectivity index (χ0v) is 18.6. The van der Waals surface area contributed by atoms with Crippen LogP contribution in [-0.4, -0.2) is 60.4 Å². The summed E-state index contributed by atoms with van der Waals surface area (Å²) < 4.78 is 81.3. The standard InChI is InChI=1S/C22H19F6N3O5/c1-29-16(18(32)31(20(29)35)14-4-2-13(3-5-14)19(33)34)12-15-6-7-17(36-15)30(10-8-21(23,24)25)11-9-22(26,27)28/h2-7,12H,8-11H2,1H3,(H,33,34)/b16-12+. The van der Waals surface area contributed by atoms with Gasteiger partial charge in [0.1, 0.15) is 11.5 Å². The molecule has 3 amide bonds. The Bertz CT molecular complexity index is 1150. The van der Waals surface area contributed by atoms with Crippen molar-refractivity contribution in [3.63, 3.8) is 0 Å². The molecule has 0 spiro atoms. The molecule has 2 aromatic rings. The van der Waals surface area contributed by atoms with Gasteiger partial charge in [0.15, 0.2) is 5.88 Å². The maximum Gasteiger partial charge on any atom is 0.390 e. The number of anilines is 2. The molecule has 3 rings (SSSR count). The number of carbonyl (C=O) groups excluding carboxylic acids is 2. The van der Waals surface area contributed by atoms with Crippen molar-refractivity contribution in [3.05, 3.63) is 53.4 Å². The fourth-order valence-electron chi connectivity index (χ4n) is 3.32. The molecule has 0 aliphatic carbocycles. The lowest BCUT2D eigenvalue weighted by Crippen LogP contribution is -2.31. The van der Waals surface area contributed by atoms with Crippen molar-refractivity contribution in [3.8, 4) is 0 Å². The number of likely N-dealkylation sites (N-methyl/N-ethyl adjacent to an activating group) is 1. The highest BCUT2D eigenvalue weighted by Gasteiger charge is 2.40. The number of amides is 3. The molecule has 194 valence electrons. The summed E-state index contributed by atoms with van der Waals surface area (Å²) in [5.41, 5.74) is -0.151. The van der Waals surface area contributed by atoms with Crippen LogP contribution in [0.25, 0.3) is 6.08 Å². The van der Waals surface area contributed by atoms with E-state index in [9.17, 15) is 40.7 Å². The second kappa shape index (κ2) is 9.95. The molecule has 1 N–H and O–H groups in total. The Balaban J connectivity index is 1.84. The highest BCUT2D eigenvalue weighted by molar-refractivity contribution is 6.28. The average molecular weight is 519 g/mol. The van der Waals surface area contributed by atoms with E-state index in [4.69, 9.17) is 9.52 Å². The molecular formula is C22H19F6N3O5.